The molecule has 1 aliphatic heterocycles. The maximum atomic E-state index is 13.9. The molecule has 0 aromatic heterocycles. The van der Waals surface area contributed by atoms with Gasteiger partial charge in [0.2, 0.25) is 5.91 Å². The van der Waals surface area contributed by atoms with Crippen LogP contribution in [-0.2, 0) is 4.79 Å². The summed E-state index contributed by atoms with van der Waals surface area (Å²) < 4.78 is 27.8. The second-order valence-electron chi connectivity index (χ2n) is 6.11. The summed E-state index contributed by atoms with van der Waals surface area (Å²) in [6, 6.07) is 9.43. The number of nitrogens with zero attached hydrogens (tertiary/aromatic N) is 1. The lowest BCUT2D eigenvalue weighted by Crippen LogP contribution is -2.43. The van der Waals surface area contributed by atoms with E-state index in [1.165, 1.54) is 35.2 Å². The van der Waals surface area contributed by atoms with Gasteiger partial charge in [-0.1, -0.05) is 18.2 Å². The first-order valence-corrected chi connectivity index (χ1v) is 8.10. The molecule has 0 radical (unpaired) electrons. The van der Waals surface area contributed by atoms with Gasteiger partial charge in [0.1, 0.15) is 17.7 Å². The van der Waals surface area contributed by atoms with E-state index in [2.05, 4.69) is 5.32 Å². The minimum Gasteiger partial charge on any atom is -0.327 e. The summed E-state index contributed by atoms with van der Waals surface area (Å²) >= 11 is 0. The van der Waals surface area contributed by atoms with Crippen molar-refractivity contribution in [1.29, 1.82) is 0 Å². The highest BCUT2D eigenvalue weighted by Crippen LogP contribution is 2.23. The van der Waals surface area contributed by atoms with E-state index in [1.54, 1.807) is 19.1 Å². The van der Waals surface area contributed by atoms with Crippen molar-refractivity contribution in [2.45, 2.75) is 25.8 Å². The van der Waals surface area contributed by atoms with Crippen LogP contribution >= 0.6 is 0 Å². The maximum absolute atomic E-state index is 13.9. The van der Waals surface area contributed by atoms with Crippen LogP contribution in [0.2, 0.25) is 0 Å². The molecular formula is C19H18F2N2O2. The number of hydrogen-bond donors (Lipinski definition) is 1. The highest BCUT2D eigenvalue weighted by atomic mass is 19.1. The van der Waals surface area contributed by atoms with Crippen molar-refractivity contribution >= 4 is 17.5 Å². The number of carbonyl (C=O) groups excluding carboxylic acids is 2. The van der Waals surface area contributed by atoms with Gasteiger partial charge in [0, 0.05) is 6.54 Å². The number of nitrogens with one attached hydrogen (secondary N) is 1. The summed E-state index contributed by atoms with van der Waals surface area (Å²) in [7, 11) is 0. The third kappa shape index (κ3) is 3.52. The molecule has 2 aromatic rings. The van der Waals surface area contributed by atoms with Crippen molar-refractivity contribution in [3.8, 4) is 0 Å². The molecule has 0 saturated carbocycles. The number of aryl methyl sites for hydroxylation is 1. The van der Waals surface area contributed by atoms with E-state index < -0.39 is 29.5 Å². The van der Waals surface area contributed by atoms with Crippen LogP contribution in [0.4, 0.5) is 14.5 Å². The molecule has 3 rings (SSSR count). The Morgan fingerprint density at radius 3 is 2.60 bits per heavy atom. The van der Waals surface area contributed by atoms with Crippen LogP contribution in [0.5, 0.6) is 0 Å². The second kappa shape index (κ2) is 7.01. The number of likely N-dealkylation sites (tertiary alicyclic amines) is 1. The van der Waals surface area contributed by atoms with Crippen molar-refractivity contribution in [2.24, 2.45) is 0 Å². The third-order valence-corrected chi connectivity index (χ3v) is 4.30. The Hall–Kier alpha value is -2.76. The maximum Gasteiger partial charge on any atom is 0.257 e. The molecule has 1 heterocycles. The van der Waals surface area contributed by atoms with Crippen molar-refractivity contribution < 1.29 is 18.4 Å². The lowest BCUT2D eigenvalue weighted by molar-refractivity contribution is -0.119. The molecule has 4 nitrogen and oxygen atoms in total. The molecule has 1 fully saturated rings. The molecule has 0 aliphatic carbocycles. The van der Waals surface area contributed by atoms with Gasteiger partial charge >= 0.3 is 0 Å². The summed E-state index contributed by atoms with van der Waals surface area (Å²) in [4.78, 5) is 26.4. The molecule has 0 bridgehead atoms. The Morgan fingerprint density at radius 1 is 1.12 bits per heavy atom. The van der Waals surface area contributed by atoms with Crippen molar-refractivity contribution in [3.05, 3.63) is 65.2 Å². The van der Waals surface area contributed by atoms with Gasteiger partial charge in [0.15, 0.2) is 0 Å². The van der Waals surface area contributed by atoms with Gasteiger partial charge in [-0.3, -0.25) is 9.59 Å². The van der Waals surface area contributed by atoms with Gasteiger partial charge in [0.05, 0.1) is 11.3 Å². The Kier molecular flexibility index (Phi) is 4.79. The Bertz CT molecular complexity index is 823. The van der Waals surface area contributed by atoms with E-state index in [-0.39, 0.29) is 11.3 Å². The molecule has 2 amide bonds. The molecule has 2 aromatic carbocycles. The van der Waals surface area contributed by atoms with Gasteiger partial charge in [-0.2, -0.15) is 0 Å². The molecule has 130 valence electrons. The topological polar surface area (TPSA) is 49.4 Å². The molecule has 1 atom stereocenters. The van der Waals surface area contributed by atoms with Gasteiger partial charge in [0.25, 0.3) is 5.91 Å². The summed E-state index contributed by atoms with van der Waals surface area (Å²) in [5.41, 5.74) is 0.747. The molecule has 0 spiro atoms. The molecule has 1 saturated heterocycles. The summed E-state index contributed by atoms with van der Waals surface area (Å²) in [5, 5.41) is 2.53. The first-order chi connectivity index (χ1) is 12.0. The molecule has 1 aliphatic rings. The first kappa shape index (κ1) is 17.1. The second-order valence-corrected chi connectivity index (χ2v) is 6.11. The smallest absolute Gasteiger partial charge is 0.257 e. The van der Waals surface area contributed by atoms with Crippen LogP contribution in [0.3, 0.4) is 0 Å². The van der Waals surface area contributed by atoms with Gasteiger partial charge < -0.3 is 10.2 Å². The molecule has 25 heavy (non-hydrogen) atoms. The van der Waals surface area contributed by atoms with Gasteiger partial charge in [-0.15, -0.1) is 0 Å². The van der Waals surface area contributed by atoms with Gasteiger partial charge in [-0.25, -0.2) is 8.78 Å². The van der Waals surface area contributed by atoms with E-state index >= 15 is 0 Å². The molecule has 1 N–H and O–H groups in total. The molecule has 6 heteroatoms. The van der Waals surface area contributed by atoms with Crippen LogP contribution in [-0.4, -0.2) is 29.3 Å². The third-order valence-electron chi connectivity index (χ3n) is 4.30. The Morgan fingerprint density at radius 2 is 1.88 bits per heavy atom. The fourth-order valence-corrected chi connectivity index (χ4v) is 3.01. The molecule has 0 unspecified atom stereocenters. The van der Waals surface area contributed by atoms with Crippen molar-refractivity contribution in [1.82, 2.24) is 4.90 Å². The highest BCUT2D eigenvalue weighted by Gasteiger charge is 2.35. The number of anilines is 1. The minimum atomic E-state index is -0.743. The standard InChI is InChI=1S/C19H18F2N2O2/c1-12-8-9-16(15(21)11-12)22-18(24)17-7-4-10-23(17)19(25)13-5-2-3-6-14(13)20/h2-3,5-6,8-9,11,17H,4,7,10H2,1H3,(H,22,24)/t17-/m0/s1. The van der Waals surface area contributed by atoms with Crippen LogP contribution in [0.1, 0.15) is 28.8 Å². The number of rotatable bonds is 3. The zero-order valence-corrected chi connectivity index (χ0v) is 13.8. The lowest BCUT2D eigenvalue weighted by Gasteiger charge is -2.24. The zero-order valence-electron chi connectivity index (χ0n) is 13.8. The summed E-state index contributed by atoms with van der Waals surface area (Å²) in [6.45, 7) is 2.11. The molecular weight excluding hydrogens is 326 g/mol. The normalized spacial score (nSPS) is 16.8. The quantitative estimate of drug-likeness (QED) is 0.926. The number of hydrogen-bond acceptors (Lipinski definition) is 2. The number of benzene rings is 2. The largest absolute Gasteiger partial charge is 0.327 e. The lowest BCUT2D eigenvalue weighted by atomic mass is 10.1. The Labute approximate surface area is 144 Å². The predicted octanol–water partition coefficient (Wildman–Crippen LogP) is 3.52. The number of halogens is 2. The van der Waals surface area contributed by atoms with Crippen LogP contribution in [0.25, 0.3) is 0 Å². The SMILES string of the molecule is Cc1ccc(NC(=O)[C@@H]2CCCN2C(=O)c2ccccc2F)c(F)c1. The van der Waals surface area contributed by atoms with E-state index in [1.807, 2.05) is 0 Å². The van der Waals surface area contributed by atoms with E-state index in [0.717, 1.165) is 5.56 Å². The zero-order chi connectivity index (χ0) is 18.0. The summed E-state index contributed by atoms with van der Waals surface area (Å²) in [6.07, 6.45) is 1.09. The minimum absolute atomic E-state index is 0.0660. The van der Waals surface area contributed by atoms with Crippen LogP contribution in [0.15, 0.2) is 42.5 Å². The van der Waals surface area contributed by atoms with E-state index in [4.69, 9.17) is 0 Å². The van der Waals surface area contributed by atoms with Crippen LogP contribution in [0, 0.1) is 18.6 Å². The first-order valence-electron chi connectivity index (χ1n) is 8.10. The summed E-state index contributed by atoms with van der Waals surface area (Å²) in [5.74, 6) is -2.15. The van der Waals surface area contributed by atoms with Crippen molar-refractivity contribution in [2.75, 3.05) is 11.9 Å². The number of amides is 2. The predicted molar refractivity (Wildman–Crippen MR) is 90.2 cm³/mol. The van der Waals surface area contributed by atoms with E-state index in [0.29, 0.717) is 19.4 Å². The number of carbonyl (C=O) groups is 2. The average molecular weight is 344 g/mol. The average Bonchev–Trinajstić information content (AvgIpc) is 3.07. The Balaban J connectivity index is 1.78. The highest BCUT2D eigenvalue weighted by molar-refractivity contribution is 6.01. The fraction of sp³-hybridized carbons (Fsp3) is 0.263. The van der Waals surface area contributed by atoms with Crippen LogP contribution < -0.4 is 5.32 Å². The van der Waals surface area contributed by atoms with E-state index in [9.17, 15) is 18.4 Å². The fourth-order valence-electron chi connectivity index (χ4n) is 3.01. The van der Waals surface area contributed by atoms with Gasteiger partial charge in [-0.05, 0) is 49.6 Å². The monoisotopic (exact) mass is 344 g/mol. The van der Waals surface area contributed by atoms with Crippen molar-refractivity contribution in [3.63, 3.8) is 0 Å².